The first-order valence-corrected chi connectivity index (χ1v) is 8.19. The maximum atomic E-state index is 11.1. The van der Waals surface area contributed by atoms with Crippen LogP contribution in [-0.4, -0.2) is 46.3 Å². The van der Waals surface area contributed by atoms with Crippen LogP contribution in [0, 0.1) is 0 Å². The number of aliphatic carboxylic acids is 1. The Hall–Kier alpha value is -1.67. The number of rotatable bonds is 8. The van der Waals surface area contributed by atoms with Crippen molar-refractivity contribution in [2.75, 3.05) is 6.54 Å². The Kier molecular flexibility index (Phi) is 6.99. The first-order chi connectivity index (χ1) is 11.5. The minimum absolute atomic E-state index is 0.0591. The van der Waals surface area contributed by atoms with Crippen molar-refractivity contribution in [2.24, 2.45) is 0 Å². The van der Waals surface area contributed by atoms with Gasteiger partial charge in [0.15, 0.2) is 6.10 Å². The Labute approximate surface area is 141 Å². The summed E-state index contributed by atoms with van der Waals surface area (Å²) in [4.78, 5) is 11.1. The third kappa shape index (κ3) is 5.17. The molecule has 1 fully saturated rings. The summed E-state index contributed by atoms with van der Waals surface area (Å²) in [6, 6.07) is 5.31. The van der Waals surface area contributed by atoms with Crippen LogP contribution in [0.1, 0.15) is 37.3 Å². The second-order valence-corrected chi connectivity index (χ2v) is 5.91. The number of ether oxygens (including phenoxy) is 2. The van der Waals surface area contributed by atoms with Crippen molar-refractivity contribution >= 4 is 5.97 Å². The number of carbonyl (C=O) groups is 1. The molecule has 7 nitrogen and oxygen atoms in total. The molecule has 0 spiro atoms. The fourth-order valence-electron chi connectivity index (χ4n) is 2.62. The van der Waals surface area contributed by atoms with Crippen molar-refractivity contribution in [3.8, 4) is 5.75 Å². The van der Waals surface area contributed by atoms with Crippen molar-refractivity contribution in [2.45, 2.75) is 57.8 Å². The highest BCUT2D eigenvalue weighted by Gasteiger charge is 2.34. The molecule has 1 heterocycles. The van der Waals surface area contributed by atoms with Gasteiger partial charge in [-0.05, 0) is 30.7 Å². The van der Waals surface area contributed by atoms with E-state index in [-0.39, 0.29) is 19.4 Å². The normalized spacial score (nSPS) is 23.9. The van der Waals surface area contributed by atoms with Gasteiger partial charge in [-0.1, -0.05) is 13.0 Å². The van der Waals surface area contributed by atoms with Gasteiger partial charge in [0.2, 0.25) is 6.29 Å². The third-order valence-electron chi connectivity index (χ3n) is 3.85. The van der Waals surface area contributed by atoms with E-state index < -0.39 is 24.5 Å². The second kappa shape index (κ2) is 8.98. The smallest absolute Gasteiger partial charge is 0.333 e. The molecule has 0 saturated carbocycles. The number of aliphatic hydroxyl groups excluding tert-OH is 2. The van der Waals surface area contributed by atoms with Crippen LogP contribution >= 0.6 is 0 Å². The lowest BCUT2D eigenvalue weighted by Crippen LogP contribution is -2.42. The van der Waals surface area contributed by atoms with Crippen molar-refractivity contribution in [3.05, 3.63) is 29.3 Å². The van der Waals surface area contributed by atoms with Crippen molar-refractivity contribution < 1.29 is 29.6 Å². The molecule has 3 unspecified atom stereocenters. The van der Waals surface area contributed by atoms with Gasteiger partial charge in [0.25, 0.3) is 0 Å². The van der Waals surface area contributed by atoms with E-state index in [0.717, 1.165) is 24.1 Å². The van der Waals surface area contributed by atoms with Crippen LogP contribution in [0.25, 0.3) is 0 Å². The van der Waals surface area contributed by atoms with Gasteiger partial charge in [0.1, 0.15) is 5.75 Å². The van der Waals surface area contributed by atoms with E-state index in [1.165, 1.54) is 0 Å². The quantitative estimate of drug-likeness (QED) is 0.523. The van der Waals surface area contributed by atoms with Crippen LogP contribution in [0.15, 0.2) is 18.2 Å². The molecule has 7 heteroatoms. The Morgan fingerprint density at radius 3 is 2.88 bits per heavy atom. The molecule has 4 N–H and O–H groups in total. The Balaban J connectivity index is 2.10. The second-order valence-electron chi connectivity index (χ2n) is 5.91. The summed E-state index contributed by atoms with van der Waals surface area (Å²) in [6.45, 7) is 3.41. The van der Waals surface area contributed by atoms with E-state index >= 15 is 0 Å². The number of carboxylic acid groups (broad SMARTS) is 1. The molecule has 0 aromatic heterocycles. The Bertz CT molecular complexity index is 550. The van der Waals surface area contributed by atoms with Gasteiger partial charge in [-0.25, -0.2) is 4.79 Å². The molecule has 1 aliphatic heterocycles. The average Bonchev–Trinajstić information content (AvgIpc) is 2.56. The molecule has 24 heavy (non-hydrogen) atoms. The molecule has 0 amide bonds. The first kappa shape index (κ1) is 18.7. The summed E-state index contributed by atoms with van der Waals surface area (Å²) < 4.78 is 11.2. The molecule has 0 radical (unpaired) electrons. The Morgan fingerprint density at radius 2 is 2.21 bits per heavy atom. The number of benzene rings is 1. The van der Waals surface area contributed by atoms with Gasteiger partial charge >= 0.3 is 5.97 Å². The summed E-state index contributed by atoms with van der Waals surface area (Å²) in [5, 5.41) is 31.5. The lowest BCUT2D eigenvalue weighted by atomic mass is 10.1. The molecule has 1 aliphatic rings. The van der Waals surface area contributed by atoms with Crippen LogP contribution in [0.5, 0.6) is 5.75 Å². The van der Waals surface area contributed by atoms with Gasteiger partial charge < -0.3 is 30.1 Å². The first-order valence-electron chi connectivity index (χ1n) is 8.19. The minimum Gasteiger partial charge on any atom is -0.479 e. The fourth-order valence-corrected chi connectivity index (χ4v) is 2.62. The van der Waals surface area contributed by atoms with Crippen molar-refractivity contribution in [3.63, 3.8) is 0 Å². The number of nitrogens with one attached hydrogen (secondary N) is 1. The molecule has 1 saturated heterocycles. The van der Waals surface area contributed by atoms with E-state index in [1.807, 2.05) is 6.07 Å². The summed E-state index contributed by atoms with van der Waals surface area (Å²) in [5.41, 5.74) is 1.62. The van der Waals surface area contributed by atoms with E-state index in [4.69, 9.17) is 14.6 Å². The predicted molar refractivity (Wildman–Crippen MR) is 86.5 cm³/mol. The zero-order chi connectivity index (χ0) is 17.5. The molecular weight excluding hydrogens is 314 g/mol. The maximum Gasteiger partial charge on any atom is 0.333 e. The van der Waals surface area contributed by atoms with E-state index in [0.29, 0.717) is 12.3 Å². The standard InChI is InChI=1S/C17H25NO6/c1-2-5-18-9-12-6-11(10-19)3-4-14(12)23-16-8-13(20)7-15(24-16)17(21)22/h3-4,6,13,15-16,18-20H,2,5,7-10H2,1H3,(H,21,22). The van der Waals surface area contributed by atoms with Gasteiger partial charge in [0.05, 0.1) is 12.7 Å². The third-order valence-corrected chi connectivity index (χ3v) is 3.85. The molecular formula is C17H25NO6. The van der Waals surface area contributed by atoms with E-state index in [9.17, 15) is 15.0 Å². The predicted octanol–water partition coefficient (Wildman–Crippen LogP) is 1.01. The fraction of sp³-hybridized carbons (Fsp3) is 0.588. The highest BCUT2D eigenvalue weighted by atomic mass is 16.7. The van der Waals surface area contributed by atoms with Gasteiger partial charge in [-0.3, -0.25) is 0 Å². The zero-order valence-corrected chi connectivity index (χ0v) is 13.8. The summed E-state index contributed by atoms with van der Waals surface area (Å²) in [7, 11) is 0. The summed E-state index contributed by atoms with van der Waals surface area (Å²) in [5.74, 6) is -0.554. The van der Waals surface area contributed by atoms with Gasteiger partial charge in [-0.15, -0.1) is 0 Å². The van der Waals surface area contributed by atoms with Crippen LogP contribution in [0.4, 0.5) is 0 Å². The molecule has 0 bridgehead atoms. The number of hydrogen-bond acceptors (Lipinski definition) is 6. The number of aliphatic hydroxyl groups is 2. The van der Waals surface area contributed by atoms with Crippen molar-refractivity contribution in [1.29, 1.82) is 0 Å². The molecule has 134 valence electrons. The highest BCUT2D eigenvalue weighted by Crippen LogP contribution is 2.27. The van der Waals surface area contributed by atoms with Crippen LogP contribution < -0.4 is 10.1 Å². The van der Waals surface area contributed by atoms with Gasteiger partial charge in [0, 0.05) is 24.9 Å². The molecule has 1 aromatic carbocycles. The molecule has 0 aliphatic carbocycles. The topological polar surface area (TPSA) is 108 Å². The zero-order valence-electron chi connectivity index (χ0n) is 13.8. The monoisotopic (exact) mass is 339 g/mol. The molecule has 2 rings (SSSR count). The van der Waals surface area contributed by atoms with Gasteiger partial charge in [-0.2, -0.15) is 0 Å². The highest BCUT2D eigenvalue weighted by molar-refractivity contribution is 5.72. The van der Waals surface area contributed by atoms with Crippen LogP contribution in [0.3, 0.4) is 0 Å². The number of carboxylic acids is 1. The molecule has 3 atom stereocenters. The molecule has 1 aromatic rings. The SMILES string of the molecule is CCCNCc1cc(CO)ccc1OC1CC(O)CC(C(=O)O)O1. The minimum atomic E-state index is -1.11. The maximum absolute atomic E-state index is 11.1. The van der Waals surface area contributed by atoms with Crippen LogP contribution in [0.2, 0.25) is 0 Å². The Morgan fingerprint density at radius 1 is 1.42 bits per heavy atom. The lowest BCUT2D eigenvalue weighted by Gasteiger charge is -2.31. The van der Waals surface area contributed by atoms with Crippen molar-refractivity contribution in [1.82, 2.24) is 5.32 Å². The summed E-state index contributed by atoms with van der Waals surface area (Å²) >= 11 is 0. The summed E-state index contributed by atoms with van der Waals surface area (Å²) in [6.07, 6.45) is -1.40. The lowest BCUT2D eigenvalue weighted by molar-refractivity contribution is -0.195. The average molecular weight is 339 g/mol. The van der Waals surface area contributed by atoms with Crippen LogP contribution in [-0.2, 0) is 22.7 Å². The van der Waals surface area contributed by atoms with E-state index in [2.05, 4.69) is 12.2 Å². The largest absolute Gasteiger partial charge is 0.479 e. The number of hydrogen-bond donors (Lipinski definition) is 4. The van der Waals surface area contributed by atoms with E-state index in [1.54, 1.807) is 12.1 Å².